The van der Waals surface area contributed by atoms with E-state index in [-0.39, 0.29) is 18.6 Å². The molecule has 0 aliphatic rings. The lowest BCUT2D eigenvalue weighted by molar-refractivity contribution is -0.126. The van der Waals surface area contributed by atoms with E-state index in [0.29, 0.717) is 27.6 Å². The van der Waals surface area contributed by atoms with E-state index < -0.39 is 12.0 Å². The average Bonchev–Trinajstić information content (AvgIpc) is 3.23. The molecule has 0 spiro atoms. The maximum atomic E-state index is 13.0. The number of benzene rings is 1. The predicted octanol–water partition coefficient (Wildman–Crippen LogP) is 3.38. The van der Waals surface area contributed by atoms with Crippen LogP contribution in [0.25, 0.3) is 16.7 Å². The molecule has 4 rings (SSSR count). The molecule has 1 amide bonds. The van der Waals surface area contributed by atoms with Crippen molar-refractivity contribution in [3.8, 4) is 11.6 Å². The maximum absolute atomic E-state index is 13.0. The molecule has 10 nitrogen and oxygen atoms in total. The van der Waals surface area contributed by atoms with Crippen LogP contribution in [-0.4, -0.2) is 54.4 Å². The van der Waals surface area contributed by atoms with E-state index in [1.165, 1.54) is 12.5 Å². The van der Waals surface area contributed by atoms with Crippen molar-refractivity contribution in [1.29, 1.82) is 0 Å². The Morgan fingerprint density at radius 2 is 1.94 bits per heavy atom. The Hall–Kier alpha value is -3.63. The van der Waals surface area contributed by atoms with E-state index in [1.807, 2.05) is 39.0 Å². The normalized spacial score (nSPS) is 12.2. The number of nitrogens with one attached hydrogen (secondary N) is 1. The number of aromatic nitrogens is 6. The number of carbonyl (C=O) groups excluding carboxylic acids is 1. The second-order valence-corrected chi connectivity index (χ2v) is 7.85. The van der Waals surface area contributed by atoms with Crippen molar-refractivity contribution in [2.75, 3.05) is 11.9 Å². The van der Waals surface area contributed by atoms with Gasteiger partial charge in [0.1, 0.15) is 11.7 Å². The number of hydrogen-bond donors (Lipinski definition) is 1. The van der Waals surface area contributed by atoms with Gasteiger partial charge in [-0.25, -0.2) is 19.6 Å². The lowest BCUT2D eigenvalue weighted by Gasteiger charge is -2.19. The van der Waals surface area contributed by atoms with Crippen LogP contribution in [0.15, 0.2) is 49.2 Å². The van der Waals surface area contributed by atoms with Crippen LogP contribution in [0.4, 0.5) is 5.82 Å². The molecule has 4 aromatic rings. The van der Waals surface area contributed by atoms with E-state index in [4.69, 9.17) is 21.1 Å². The number of nitrogens with zero attached hydrogens (tertiary/aromatic N) is 6. The maximum Gasteiger partial charge on any atom is 0.269 e. The quantitative estimate of drug-likeness (QED) is 0.419. The summed E-state index contributed by atoms with van der Waals surface area (Å²) in [6.07, 6.45) is 4.85. The first-order chi connectivity index (χ1) is 15.9. The van der Waals surface area contributed by atoms with Gasteiger partial charge in [0.25, 0.3) is 5.91 Å². The Labute approximate surface area is 195 Å². The van der Waals surface area contributed by atoms with Crippen molar-refractivity contribution < 1.29 is 14.3 Å². The molecule has 1 atom stereocenters. The summed E-state index contributed by atoms with van der Waals surface area (Å²) in [5, 5.41) is 8.13. The van der Waals surface area contributed by atoms with E-state index in [2.05, 4.69) is 30.4 Å². The second-order valence-electron chi connectivity index (χ2n) is 7.44. The van der Waals surface area contributed by atoms with E-state index >= 15 is 0 Å². The van der Waals surface area contributed by atoms with Crippen molar-refractivity contribution in [3.05, 3.63) is 59.9 Å². The highest BCUT2D eigenvalue weighted by Crippen LogP contribution is 2.27. The van der Waals surface area contributed by atoms with Gasteiger partial charge in [0.2, 0.25) is 12.0 Å². The molecular weight excluding hydrogens is 446 g/mol. The number of carbonyl (C=O) groups is 1. The van der Waals surface area contributed by atoms with Gasteiger partial charge >= 0.3 is 0 Å². The zero-order chi connectivity index (χ0) is 23.4. The van der Waals surface area contributed by atoms with Crippen molar-refractivity contribution in [1.82, 2.24) is 29.7 Å². The van der Waals surface area contributed by atoms with Gasteiger partial charge in [-0.15, -0.1) is 0 Å². The molecule has 3 aromatic heterocycles. The first-order valence-electron chi connectivity index (χ1n) is 10.2. The van der Waals surface area contributed by atoms with E-state index in [9.17, 15) is 4.79 Å². The van der Waals surface area contributed by atoms with Crippen molar-refractivity contribution in [2.45, 2.75) is 33.0 Å². The smallest absolute Gasteiger partial charge is 0.269 e. The third kappa shape index (κ3) is 5.24. The minimum Gasteiger partial charge on any atom is -0.461 e. The average molecular weight is 468 g/mol. The highest BCUT2D eigenvalue weighted by Gasteiger charge is 2.25. The van der Waals surface area contributed by atoms with Gasteiger partial charge in [-0.2, -0.15) is 5.10 Å². The van der Waals surface area contributed by atoms with Crippen molar-refractivity contribution in [3.63, 3.8) is 0 Å². The number of halogens is 1. The summed E-state index contributed by atoms with van der Waals surface area (Å²) in [6.45, 7) is 5.56. The third-order valence-electron chi connectivity index (χ3n) is 4.57. The summed E-state index contributed by atoms with van der Waals surface area (Å²) in [7, 11) is 0. The molecule has 0 saturated heterocycles. The molecular formula is C22H22ClN7O3. The standard InChI is InChI=1S/C22H22ClN7O3/c1-13(2)32-11-18(21(31)29-19-10-24-14(3)8-25-19)33-22-15-9-28-30(20(15)26-12-27-22)17-7-5-4-6-16(17)23/h4-10,12-13,18H,11H2,1-3H3,(H,25,29,31)/t18-/m0/s1. The fourth-order valence-corrected chi connectivity index (χ4v) is 3.17. The first kappa shape index (κ1) is 22.6. The molecule has 0 saturated carbocycles. The largest absolute Gasteiger partial charge is 0.461 e. The molecule has 3 heterocycles. The number of aryl methyl sites for hydroxylation is 1. The molecule has 0 fully saturated rings. The van der Waals surface area contributed by atoms with Crippen LogP contribution in [-0.2, 0) is 9.53 Å². The lowest BCUT2D eigenvalue weighted by atomic mass is 10.3. The van der Waals surface area contributed by atoms with Gasteiger partial charge in [0, 0.05) is 0 Å². The fraction of sp³-hybridized carbons (Fsp3) is 0.273. The molecule has 0 unspecified atom stereocenters. The summed E-state index contributed by atoms with van der Waals surface area (Å²) >= 11 is 6.32. The topological polar surface area (TPSA) is 117 Å². The highest BCUT2D eigenvalue weighted by atomic mass is 35.5. The molecule has 170 valence electrons. The summed E-state index contributed by atoms with van der Waals surface area (Å²) in [6, 6.07) is 7.27. The summed E-state index contributed by atoms with van der Waals surface area (Å²) < 4.78 is 13.2. The molecule has 0 aliphatic heterocycles. The summed E-state index contributed by atoms with van der Waals surface area (Å²) in [5.74, 6) is 0.0583. The van der Waals surface area contributed by atoms with Gasteiger partial charge in [-0.05, 0) is 32.9 Å². The molecule has 1 aromatic carbocycles. The van der Waals surface area contributed by atoms with Gasteiger partial charge in [0.15, 0.2) is 11.5 Å². The molecule has 11 heteroatoms. The summed E-state index contributed by atoms with van der Waals surface area (Å²) in [5.41, 5.74) is 1.89. The zero-order valence-electron chi connectivity index (χ0n) is 18.3. The number of amides is 1. The van der Waals surface area contributed by atoms with Crippen LogP contribution in [0.3, 0.4) is 0 Å². The predicted molar refractivity (Wildman–Crippen MR) is 123 cm³/mol. The van der Waals surface area contributed by atoms with Gasteiger partial charge in [0.05, 0.1) is 47.7 Å². The van der Waals surface area contributed by atoms with Crippen molar-refractivity contribution in [2.24, 2.45) is 0 Å². The zero-order valence-corrected chi connectivity index (χ0v) is 19.0. The van der Waals surface area contributed by atoms with Gasteiger partial charge in [-0.1, -0.05) is 23.7 Å². The number of hydrogen-bond acceptors (Lipinski definition) is 8. The van der Waals surface area contributed by atoms with Crippen LogP contribution < -0.4 is 10.1 Å². The molecule has 0 radical (unpaired) electrons. The Bertz CT molecular complexity index is 1260. The number of fused-ring (bicyclic) bond motifs is 1. The van der Waals surface area contributed by atoms with E-state index in [1.54, 1.807) is 23.1 Å². The second kappa shape index (κ2) is 9.88. The molecule has 1 N–H and O–H groups in total. The van der Waals surface area contributed by atoms with Crippen LogP contribution in [0.5, 0.6) is 5.88 Å². The molecule has 0 bridgehead atoms. The van der Waals surface area contributed by atoms with Crippen LogP contribution >= 0.6 is 11.6 Å². The van der Waals surface area contributed by atoms with Crippen LogP contribution in [0.1, 0.15) is 19.5 Å². The highest BCUT2D eigenvalue weighted by molar-refractivity contribution is 6.32. The summed E-state index contributed by atoms with van der Waals surface area (Å²) in [4.78, 5) is 29.8. The van der Waals surface area contributed by atoms with Crippen LogP contribution in [0, 0.1) is 6.92 Å². The van der Waals surface area contributed by atoms with Crippen molar-refractivity contribution >= 4 is 34.4 Å². The fourth-order valence-electron chi connectivity index (χ4n) is 2.96. The van der Waals surface area contributed by atoms with Crippen LogP contribution in [0.2, 0.25) is 5.02 Å². The van der Waals surface area contributed by atoms with Gasteiger partial charge < -0.3 is 14.8 Å². The minimum absolute atomic E-state index is 0.00688. The number of ether oxygens (including phenoxy) is 2. The SMILES string of the molecule is Cc1cnc(NC(=O)[C@H](COC(C)C)Oc2ncnc3c2cnn3-c2ccccc2Cl)cn1. The Kier molecular flexibility index (Phi) is 6.76. The molecule has 0 aliphatic carbocycles. The Morgan fingerprint density at radius 3 is 2.67 bits per heavy atom. The Balaban J connectivity index is 1.62. The number of para-hydroxylation sites is 1. The number of anilines is 1. The Morgan fingerprint density at radius 1 is 1.12 bits per heavy atom. The first-order valence-corrected chi connectivity index (χ1v) is 10.6. The number of rotatable bonds is 8. The van der Waals surface area contributed by atoms with Gasteiger partial charge in [-0.3, -0.25) is 9.78 Å². The lowest BCUT2D eigenvalue weighted by Crippen LogP contribution is -2.38. The van der Waals surface area contributed by atoms with E-state index in [0.717, 1.165) is 5.69 Å². The molecule has 33 heavy (non-hydrogen) atoms. The minimum atomic E-state index is -1.00. The third-order valence-corrected chi connectivity index (χ3v) is 4.89. The monoisotopic (exact) mass is 467 g/mol.